The van der Waals surface area contributed by atoms with Gasteiger partial charge in [0.15, 0.2) is 0 Å². The van der Waals surface area contributed by atoms with Crippen LogP contribution < -0.4 is 5.73 Å². The third-order valence-corrected chi connectivity index (χ3v) is 3.57. The second-order valence-corrected chi connectivity index (χ2v) is 7.41. The number of rotatable bonds is 2. The summed E-state index contributed by atoms with van der Waals surface area (Å²) >= 11 is 0. The largest absolute Gasteiger partial charge is 0.478 e. The molecule has 0 amide bonds. The van der Waals surface area contributed by atoms with Gasteiger partial charge < -0.3 is 15.9 Å². The van der Waals surface area contributed by atoms with Crippen LogP contribution >= 0.6 is 0 Å². The number of aromatic carboxylic acids is 1. The third kappa shape index (κ3) is 6.74. The van der Waals surface area contributed by atoms with Crippen molar-refractivity contribution in [3.63, 3.8) is 0 Å². The Kier molecular flexibility index (Phi) is 6.15. The van der Waals surface area contributed by atoms with Gasteiger partial charge in [-0.2, -0.15) is 0 Å². The van der Waals surface area contributed by atoms with Gasteiger partial charge in [0.1, 0.15) is 0 Å². The standard InChI is InChI=1S/C11H14O2.C6H15NO/c1-11(2,3)9-6-4-8(5-7-9)10(12)13;1-5(2,7)6(3,4)8/h4-7H,1-3H3,(H,12,13);8H,7H2,1-4H3. The first-order valence-electron chi connectivity index (χ1n) is 7.01. The van der Waals surface area contributed by atoms with Gasteiger partial charge in [0.05, 0.1) is 11.2 Å². The van der Waals surface area contributed by atoms with E-state index in [0.717, 1.165) is 5.56 Å². The van der Waals surface area contributed by atoms with Crippen LogP contribution in [0.3, 0.4) is 0 Å². The summed E-state index contributed by atoms with van der Waals surface area (Å²) in [6.07, 6.45) is 0. The predicted molar refractivity (Wildman–Crippen MR) is 86.7 cm³/mol. The molecule has 0 bridgehead atoms. The van der Waals surface area contributed by atoms with Crippen molar-refractivity contribution in [3.8, 4) is 0 Å². The summed E-state index contributed by atoms with van der Waals surface area (Å²) in [6.45, 7) is 13.3. The molecule has 0 saturated heterocycles. The Morgan fingerprint density at radius 1 is 0.952 bits per heavy atom. The third-order valence-electron chi connectivity index (χ3n) is 3.57. The number of hydrogen-bond donors (Lipinski definition) is 3. The van der Waals surface area contributed by atoms with E-state index in [1.165, 1.54) is 0 Å². The summed E-state index contributed by atoms with van der Waals surface area (Å²) in [6, 6.07) is 7.01. The van der Waals surface area contributed by atoms with Crippen LogP contribution in [0.1, 0.15) is 64.4 Å². The highest BCUT2D eigenvalue weighted by Crippen LogP contribution is 2.22. The van der Waals surface area contributed by atoms with Crippen molar-refractivity contribution >= 4 is 5.97 Å². The minimum Gasteiger partial charge on any atom is -0.478 e. The molecule has 0 aromatic heterocycles. The first-order valence-corrected chi connectivity index (χ1v) is 7.01. The fraction of sp³-hybridized carbons (Fsp3) is 0.588. The topological polar surface area (TPSA) is 83.5 Å². The first-order chi connectivity index (χ1) is 9.16. The molecule has 1 aromatic carbocycles. The first kappa shape index (κ1) is 19.6. The zero-order valence-corrected chi connectivity index (χ0v) is 14.2. The van der Waals surface area contributed by atoms with Crippen molar-refractivity contribution in [2.45, 2.75) is 65.0 Å². The number of carbonyl (C=O) groups is 1. The molecule has 0 unspecified atom stereocenters. The lowest BCUT2D eigenvalue weighted by Gasteiger charge is -2.32. The number of aliphatic hydroxyl groups is 1. The van der Waals surface area contributed by atoms with E-state index in [4.69, 9.17) is 10.8 Å². The van der Waals surface area contributed by atoms with Gasteiger partial charge in [-0.1, -0.05) is 32.9 Å². The smallest absolute Gasteiger partial charge is 0.335 e. The van der Waals surface area contributed by atoms with E-state index in [1.807, 2.05) is 12.1 Å². The molecule has 0 atom stereocenters. The van der Waals surface area contributed by atoms with Crippen molar-refractivity contribution < 1.29 is 15.0 Å². The zero-order chi connectivity index (χ0) is 17.1. The summed E-state index contributed by atoms with van der Waals surface area (Å²) in [5, 5.41) is 17.9. The van der Waals surface area contributed by atoms with Crippen molar-refractivity contribution in [2.75, 3.05) is 0 Å². The van der Waals surface area contributed by atoms with Crippen LogP contribution in [0.4, 0.5) is 0 Å². The second-order valence-electron chi connectivity index (χ2n) is 7.41. The number of benzene rings is 1. The SMILES string of the molecule is CC(C)(C)c1ccc(C(=O)O)cc1.CC(C)(N)C(C)(C)O. The Morgan fingerprint density at radius 3 is 1.48 bits per heavy atom. The molecular weight excluding hydrogens is 266 g/mol. The molecule has 4 N–H and O–H groups in total. The zero-order valence-electron chi connectivity index (χ0n) is 14.2. The quantitative estimate of drug-likeness (QED) is 0.782. The number of carboxylic acids is 1. The Bertz CT molecular complexity index is 445. The van der Waals surface area contributed by atoms with Crippen LogP contribution in [0.15, 0.2) is 24.3 Å². The fourth-order valence-corrected chi connectivity index (χ4v) is 1.11. The van der Waals surface area contributed by atoms with E-state index >= 15 is 0 Å². The summed E-state index contributed by atoms with van der Waals surface area (Å²) in [5.41, 5.74) is 5.84. The molecule has 4 nitrogen and oxygen atoms in total. The molecule has 21 heavy (non-hydrogen) atoms. The summed E-state index contributed by atoms with van der Waals surface area (Å²) in [5.74, 6) is -0.875. The van der Waals surface area contributed by atoms with E-state index in [1.54, 1.807) is 39.8 Å². The lowest BCUT2D eigenvalue weighted by Crippen LogP contribution is -2.52. The molecule has 0 aliphatic heterocycles. The van der Waals surface area contributed by atoms with Gasteiger partial charge in [-0.3, -0.25) is 0 Å². The van der Waals surface area contributed by atoms with Crippen molar-refractivity contribution in [1.82, 2.24) is 0 Å². The van der Waals surface area contributed by atoms with Crippen molar-refractivity contribution in [3.05, 3.63) is 35.4 Å². The van der Waals surface area contributed by atoms with Gasteiger partial charge in [-0.25, -0.2) is 4.79 Å². The highest BCUT2D eigenvalue weighted by Gasteiger charge is 2.30. The maximum absolute atomic E-state index is 10.6. The van der Waals surface area contributed by atoms with Crippen LogP contribution in [0.5, 0.6) is 0 Å². The molecule has 0 spiro atoms. The summed E-state index contributed by atoms with van der Waals surface area (Å²) < 4.78 is 0. The number of carboxylic acid groups (broad SMARTS) is 1. The van der Waals surface area contributed by atoms with Gasteiger partial charge in [0.2, 0.25) is 0 Å². The lowest BCUT2D eigenvalue weighted by atomic mass is 9.87. The van der Waals surface area contributed by atoms with Crippen LogP contribution in [0.25, 0.3) is 0 Å². The van der Waals surface area contributed by atoms with Crippen molar-refractivity contribution in [2.24, 2.45) is 5.73 Å². The normalized spacial score (nSPS) is 12.4. The Balaban J connectivity index is 0.000000433. The lowest BCUT2D eigenvalue weighted by molar-refractivity contribution is 0.0144. The van der Waals surface area contributed by atoms with Gasteiger partial charge in [-0.05, 0) is 50.8 Å². The molecule has 1 rings (SSSR count). The predicted octanol–water partition coefficient (Wildman–Crippen LogP) is 3.18. The van der Waals surface area contributed by atoms with Crippen LogP contribution in [0.2, 0.25) is 0 Å². The van der Waals surface area contributed by atoms with Gasteiger partial charge in [-0.15, -0.1) is 0 Å². The average molecular weight is 295 g/mol. The van der Waals surface area contributed by atoms with E-state index < -0.39 is 17.1 Å². The summed E-state index contributed by atoms with van der Waals surface area (Å²) in [7, 11) is 0. The summed E-state index contributed by atoms with van der Waals surface area (Å²) in [4.78, 5) is 10.6. The van der Waals surface area contributed by atoms with Crippen LogP contribution in [-0.2, 0) is 5.41 Å². The molecule has 120 valence electrons. The molecular formula is C17H29NO3. The molecule has 0 saturated carbocycles. The molecule has 0 heterocycles. The van der Waals surface area contributed by atoms with Crippen LogP contribution in [0, 0.1) is 0 Å². The van der Waals surface area contributed by atoms with Crippen molar-refractivity contribution in [1.29, 1.82) is 0 Å². The molecule has 4 heteroatoms. The van der Waals surface area contributed by atoms with E-state index in [0.29, 0.717) is 5.56 Å². The maximum Gasteiger partial charge on any atom is 0.335 e. The van der Waals surface area contributed by atoms with E-state index in [9.17, 15) is 9.90 Å². The van der Waals surface area contributed by atoms with Gasteiger partial charge >= 0.3 is 5.97 Å². The van der Waals surface area contributed by atoms with Gasteiger partial charge in [0.25, 0.3) is 0 Å². The average Bonchev–Trinajstić information content (AvgIpc) is 2.26. The number of nitrogens with two attached hydrogens (primary N) is 1. The molecule has 0 fully saturated rings. The molecule has 1 aromatic rings. The Hall–Kier alpha value is -1.39. The molecule has 0 radical (unpaired) electrons. The highest BCUT2D eigenvalue weighted by molar-refractivity contribution is 5.87. The monoisotopic (exact) mass is 295 g/mol. The number of hydrogen-bond acceptors (Lipinski definition) is 3. The Morgan fingerprint density at radius 2 is 1.29 bits per heavy atom. The fourth-order valence-electron chi connectivity index (χ4n) is 1.11. The van der Waals surface area contributed by atoms with Crippen LogP contribution in [-0.4, -0.2) is 27.3 Å². The highest BCUT2D eigenvalue weighted by atomic mass is 16.4. The minimum atomic E-state index is -0.875. The Labute approximate surface area is 128 Å². The minimum absolute atomic E-state index is 0.0804. The van der Waals surface area contributed by atoms with E-state index in [2.05, 4.69) is 20.8 Å². The maximum atomic E-state index is 10.6. The molecule has 0 aliphatic rings. The van der Waals surface area contributed by atoms with E-state index in [-0.39, 0.29) is 5.41 Å². The second kappa shape index (κ2) is 6.58. The molecule has 0 aliphatic carbocycles. The van der Waals surface area contributed by atoms with Gasteiger partial charge in [0, 0.05) is 5.54 Å².